The van der Waals surface area contributed by atoms with E-state index in [4.69, 9.17) is 4.98 Å². The number of piperazine rings is 1. The van der Waals surface area contributed by atoms with E-state index in [1.54, 1.807) is 10.7 Å². The Hall–Kier alpha value is -3.13. The number of hydrogen-bond donors (Lipinski definition) is 2. The van der Waals surface area contributed by atoms with Gasteiger partial charge in [-0.2, -0.15) is 5.10 Å². The molecule has 3 aromatic rings. The topological polar surface area (TPSA) is 77.8 Å². The van der Waals surface area contributed by atoms with Crippen molar-refractivity contribution in [1.82, 2.24) is 24.8 Å². The van der Waals surface area contributed by atoms with E-state index in [0.717, 1.165) is 44.8 Å². The van der Waals surface area contributed by atoms with Crippen molar-refractivity contribution in [3.05, 3.63) is 53.9 Å². The Morgan fingerprint density at radius 2 is 1.91 bits per heavy atom. The Balaban J connectivity index is 1.25. The molecule has 2 aliphatic rings. The van der Waals surface area contributed by atoms with Crippen molar-refractivity contribution in [3.8, 4) is 0 Å². The maximum Gasteiger partial charge on any atom is 0.256 e. The maximum atomic E-state index is 12.9. The molecule has 3 heterocycles. The molecule has 1 saturated heterocycles. The van der Waals surface area contributed by atoms with Gasteiger partial charge in [0.15, 0.2) is 5.65 Å². The van der Waals surface area contributed by atoms with Crippen molar-refractivity contribution in [2.45, 2.75) is 44.7 Å². The Morgan fingerprint density at radius 1 is 1.09 bits per heavy atom. The monoisotopic (exact) mass is 447 g/mol. The smallest absolute Gasteiger partial charge is 0.256 e. The number of anilines is 2. The van der Waals surface area contributed by atoms with Crippen LogP contribution >= 0.6 is 0 Å². The third kappa shape index (κ3) is 5.11. The Bertz CT molecular complexity index is 1100. The van der Waals surface area contributed by atoms with E-state index in [9.17, 15) is 4.79 Å². The average molecular weight is 448 g/mol. The van der Waals surface area contributed by atoms with Crippen LogP contribution in [-0.2, 0) is 6.54 Å². The quantitative estimate of drug-likeness (QED) is 0.605. The highest BCUT2D eigenvalue weighted by Gasteiger charge is 2.20. The van der Waals surface area contributed by atoms with Crippen LogP contribution in [0.5, 0.6) is 0 Å². The van der Waals surface area contributed by atoms with Crippen molar-refractivity contribution in [2.24, 2.45) is 0 Å². The van der Waals surface area contributed by atoms with E-state index in [-0.39, 0.29) is 11.9 Å². The first kappa shape index (κ1) is 21.7. The van der Waals surface area contributed by atoms with Crippen molar-refractivity contribution < 1.29 is 4.79 Å². The van der Waals surface area contributed by atoms with Gasteiger partial charge in [-0.3, -0.25) is 4.79 Å². The van der Waals surface area contributed by atoms with Gasteiger partial charge >= 0.3 is 0 Å². The van der Waals surface area contributed by atoms with Crippen molar-refractivity contribution >= 4 is 23.1 Å². The summed E-state index contributed by atoms with van der Waals surface area (Å²) in [5.41, 5.74) is 3.58. The molecule has 0 spiro atoms. The van der Waals surface area contributed by atoms with Gasteiger partial charge in [0, 0.05) is 50.6 Å². The lowest BCUT2D eigenvalue weighted by molar-refractivity contribution is 0.0929. The van der Waals surface area contributed by atoms with Gasteiger partial charge in [-0.15, -0.1) is 0 Å². The van der Waals surface area contributed by atoms with Gasteiger partial charge < -0.3 is 20.4 Å². The van der Waals surface area contributed by atoms with E-state index < -0.39 is 0 Å². The lowest BCUT2D eigenvalue weighted by atomic mass is 9.95. The second-order valence-corrected chi connectivity index (χ2v) is 9.26. The first-order valence-electron chi connectivity index (χ1n) is 12.1. The van der Waals surface area contributed by atoms with Gasteiger partial charge in [-0.25, -0.2) is 9.50 Å². The molecule has 1 aromatic carbocycles. The van der Waals surface area contributed by atoms with Crippen molar-refractivity contribution in [2.75, 3.05) is 43.4 Å². The number of aromatic nitrogens is 3. The van der Waals surface area contributed by atoms with E-state index in [0.29, 0.717) is 17.8 Å². The second kappa shape index (κ2) is 9.79. The molecule has 2 aromatic heterocycles. The molecule has 2 N–H and O–H groups in total. The fraction of sp³-hybridized carbons (Fsp3) is 0.480. The Labute approximate surface area is 195 Å². The predicted octanol–water partition coefficient (Wildman–Crippen LogP) is 3.16. The molecule has 0 unspecified atom stereocenters. The number of hydrogen-bond acceptors (Lipinski definition) is 6. The molecule has 1 aliphatic heterocycles. The van der Waals surface area contributed by atoms with Gasteiger partial charge in [0.2, 0.25) is 0 Å². The highest BCUT2D eigenvalue weighted by Crippen LogP contribution is 2.20. The molecular weight excluding hydrogens is 414 g/mol. The molecule has 1 aliphatic carbocycles. The summed E-state index contributed by atoms with van der Waals surface area (Å²) in [6.45, 7) is 4.96. The van der Waals surface area contributed by atoms with Crippen LogP contribution < -0.4 is 15.5 Å². The van der Waals surface area contributed by atoms with Crippen LogP contribution in [0.2, 0.25) is 0 Å². The maximum absolute atomic E-state index is 12.9. The minimum Gasteiger partial charge on any atom is -0.369 e. The number of rotatable bonds is 6. The third-order valence-electron chi connectivity index (χ3n) is 6.81. The minimum atomic E-state index is -0.0820. The number of fused-ring (bicyclic) bond motifs is 1. The van der Waals surface area contributed by atoms with E-state index >= 15 is 0 Å². The molecule has 33 heavy (non-hydrogen) atoms. The van der Waals surface area contributed by atoms with Gasteiger partial charge in [-0.1, -0.05) is 31.4 Å². The summed E-state index contributed by atoms with van der Waals surface area (Å²) in [6, 6.07) is 10.8. The van der Waals surface area contributed by atoms with Crippen LogP contribution in [0, 0.1) is 0 Å². The van der Waals surface area contributed by atoms with Gasteiger partial charge in [0.1, 0.15) is 11.4 Å². The van der Waals surface area contributed by atoms with Crippen LogP contribution in [0.25, 0.3) is 5.65 Å². The zero-order valence-electron chi connectivity index (χ0n) is 19.3. The molecule has 0 atom stereocenters. The zero-order chi connectivity index (χ0) is 22.6. The van der Waals surface area contributed by atoms with Gasteiger partial charge in [0.25, 0.3) is 5.91 Å². The molecule has 2 fully saturated rings. The SMILES string of the molecule is CN1CCN(c2cccc(CNc3ccn4ncc(C(=O)NC5CCCCC5)c4n3)c2)CC1. The number of benzene rings is 1. The lowest BCUT2D eigenvalue weighted by Crippen LogP contribution is -2.44. The van der Waals surface area contributed by atoms with Gasteiger partial charge in [-0.05, 0) is 43.7 Å². The Morgan fingerprint density at radius 3 is 2.73 bits per heavy atom. The fourth-order valence-electron chi connectivity index (χ4n) is 4.76. The van der Waals surface area contributed by atoms with Crippen LogP contribution in [0.4, 0.5) is 11.5 Å². The third-order valence-corrected chi connectivity index (χ3v) is 6.81. The van der Waals surface area contributed by atoms with Crippen LogP contribution in [-0.4, -0.2) is 64.7 Å². The van der Waals surface area contributed by atoms with Crippen LogP contribution in [0.15, 0.2) is 42.7 Å². The van der Waals surface area contributed by atoms with E-state index in [2.05, 4.69) is 56.8 Å². The summed E-state index contributed by atoms with van der Waals surface area (Å²) >= 11 is 0. The largest absolute Gasteiger partial charge is 0.369 e. The molecule has 1 saturated carbocycles. The van der Waals surface area contributed by atoms with E-state index in [1.165, 1.54) is 30.5 Å². The Kier molecular flexibility index (Phi) is 6.44. The normalized spacial score (nSPS) is 17.9. The minimum absolute atomic E-state index is 0.0820. The van der Waals surface area contributed by atoms with Gasteiger partial charge in [0.05, 0.1) is 6.20 Å². The number of likely N-dealkylation sites (N-methyl/N-ethyl adjacent to an activating group) is 1. The molecule has 8 heteroatoms. The molecule has 8 nitrogen and oxygen atoms in total. The summed E-state index contributed by atoms with van der Waals surface area (Å²) < 4.78 is 1.66. The number of nitrogens with zero attached hydrogens (tertiary/aromatic N) is 5. The standard InChI is InChI=1S/C25H33N7O/c1-30-12-14-31(15-13-30)21-9-5-6-19(16-21)17-26-23-10-11-32-24(29-23)22(18-27-32)25(33)28-20-7-3-2-4-8-20/h5-6,9-11,16,18,20H,2-4,7-8,12-15,17H2,1H3,(H,26,29)(H,28,33). The zero-order valence-corrected chi connectivity index (χ0v) is 19.3. The van der Waals surface area contributed by atoms with Crippen LogP contribution in [0.1, 0.15) is 48.0 Å². The first-order chi connectivity index (χ1) is 16.2. The summed E-state index contributed by atoms with van der Waals surface area (Å²) in [6.07, 6.45) is 9.20. The molecule has 174 valence electrons. The van der Waals surface area contributed by atoms with E-state index in [1.807, 2.05) is 12.3 Å². The molecule has 5 rings (SSSR count). The summed E-state index contributed by atoms with van der Waals surface area (Å²) in [7, 11) is 2.17. The molecule has 1 amide bonds. The van der Waals surface area contributed by atoms with Crippen LogP contribution in [0.3, 0.4) is 0 Å². The molecule has 0 bridgehead atoms. The second-order valence-electron chi connectivity index (χ2n) is 9.26. The summed E-state index contributed by atoms with van der Waals surface area (Å²) in [5.74, 6) is 0.654. The average Bonchev–Trinajstić information content (AvgIpc) is 3.27. The lowest BCUT2D eigenvalue weighted by Gasteiger charge is -2.34. The fourth-order valence-corrected chi connectivity index (χ4v) is 4.76. The first-order valence-corrected chi connectivity index (χ1v) is 12.1. The molecular formula is C25H33N7O. The highest BCUT2D eigenvalue weighted by molar-refractivity contribution is 5.99. The number of amides is 1. The molecule has 0 radical (unpaired) electrons. The number of nitrogens with one attached hydrogen (secondary N) is 2. The summed E-state index contributed by atoms with van der Waals surface area (Å²) in [5, 5.41) is 10.9. The van der Waals surface area contributed by atoms with Crippen molar-refractivity contribution in [3.63, 3.8) is 0 Å². The number of carbonyl (C=O) groups is 1. The van der Waals surface area contributed by atoms with Crippen molar-refractivity contribution in [1.29, 1.82) is 0 Å². The predicted molar refractivity (Wildman–Crippen MR) is 131 cm³/mol. The summed E-state index contributed by atoms with van der Waals surface area (Å²) in [4.78, 5) is 22.4. The highest BCUT2D eigenvalue weighted by atomic mass is 16.1. The number of carbonyl (C=O) groups excluding carboxylic acids is 1.